The molecule has 1 aliphatic carbocycles. The van der Waals surface area contributed by atoms with Crippen LogP contribution in [0.5, 0.6) is 0 Å². The predicted molar refractivity (Wildman–Crippen MR) is 131 cm³/mol. The van der Waals surface area contributed by atoms with Crippen LogP contribution in [0.2, 0.25) is 5.02 Å². The van der Waals surface area contributed by atoms with E-state index in [9.17, 15) is 0 Å². The second kappa shape index (κ2) is 9.02. The van der Waals surface area contributed by atoms with Gasteiger partial charge >= 0.3 is 0 Å². The van der Waals surface area contributed by atoms with Gasteiger partial charge in [-0.1, -0.05) is 23.7 Å². The molecule has 4 rings (SSSR count). The largest absolute Gasteiger partial charge is 0.319 e. The zero-order chi connectivity index (χ0) is 22.9. The number of carbonyl (C=O) groups is 1. The fraction of sp³-hybridized carbons (Fsp3) is 0.391. The van der Waals surface area contributed by atoms with Gasteiger partial charge in [-0.2, -0.15) is 0 Å². The molecule has 1 fully saturated rings. The molecule has 8 heteroatoms. The van der Waals surface area contributed by atoms with Crippen molar-refractivity contribution in [3.05, 3.63) is 50.9 Å². The van der Waals surface area contributed by atoms with E-state index in [4.69, 9.17) is 32.2 Å². The molecular weight excluding hydrogens is 430 g/mol. The van der Waals surface area contributed by atoms with E-state index in [1.54, 1.807) is 23.2 Å². The number of aryl methyl sites for hydroxylation is 1. The maximum atomic E-state index is 9.02. The Morgan fingerprint density at radius 1 is 1.39 bits per heavy atom. The Morgan fingerprint density at radius 3 is 2.55 bits per heavy atom. The van der Waals surface area contributed by atoms with Crippen molar-refractivity contribution < 1.29 is 4.79 Å². The molecule has 1 aromatic heterocycles. The summed E-state index contributed by atoms with van der Waals surface area (Å²) in [6, 6.07) is 7.76. The highest BCUT2D eigenvalue weighted by Gasteiger charge is 2.61. The van der Waals surface area contributed by atoms with Crippen LogP contribution in [0.3, 0.4) is 0 Å². The minimum absolute atomic E-state index is 0.254. The number of hydrogen-bond donors (Lipinski definition) is 3. The van der Waals surface area contributed by atoms with Gasteiger partial charge in [0.2, 0.25) is 0 Å². The number of anilines is 1. The van der Waals surface area contributed by atoms with E-state index in [1.165, 1.54) is 11.8 Å². The summed E-state index contributed by atoms with van der Waals surface area (Å²) in [6.07, 6.45) is 1.57. The third-order valence-corrected chi connectivity index (χ3v) is 7.17. The first-order chi connectivity index (χ1) is 14.7. The summed E-state index contributed by atoms with van der Waals surface area (Å²) in [5.41, 5.74) is 3.52. The minimum Gasteiger partial charge on any atom is -0.319 e. The summed E-state index contributed by atoms with van der Waals surface area (Å²) in [7, 11) is 1.93. The molecule has 2 aromatic rings. The highest BCUT2D eigenvalue weighted by Crippen LogP contribution is 2.53. The second-order valence-corrected chi connectivity index (χ2v) is 9.46. The van der Waals surface area contributed by atoms with Gasteiger partial charge in [-0.15, -0.1) is 11.3 Å². The first-order valence-electron chi connectivity index (χ1n) is 10.2. The number of amidine groups is 2. The molecule has 164 valence electrons. The predicted octanol–water partition coefficient (Wildman–Crippen LogP) is 4.83. The van der Waals surface area contributed by atoms with Crippen molar-refractivity contribution in [3.8, 4) is 0 Å². The molecular formula is C23H28ClN5OS. The number of nitrogens with one attached hydrogen (secondary N) is 3. The molecule has 1 unspecified atom stereocenters. The van der Waals surface area contributed by atoms with Gasteiger partial charge in [0, 0.05) is 33.5 Å². The summed E-state index contributed by atoms with van der Waals surface area (Å²) in [5, 5.41) is 22.3. The lowest BCUT2D eigenvalue weighted by molar-refractivity contribution is -0.106. The summed E-state index contributed by atoms with van der Waals surface area (Å²) in [4.78, 5) is 17.0. The van der Waals surface area contributed by atoms with Gasteiger partial charge in [0.15, 0.2) is 0 Å². The molecule has 1 saturated carbocycles. The average molecular weight is 458 g/mol. The Labute approximate surface area is 192 Å². The number of thiophene rings is 1. The molecule has 2 heterocycles. The van der Waals surface area contributed by atoms with Crippen LogP contribution in [0.15, 0.2) is 29.3 Å². The number of hydrogen-bond acceptors (Lipinski definition) is 6. The first-order valence-corrected chi connectivity index (χ1v) is 11.4. The average Bonchev–Trinajstić information content (AvgIpc) is 3.35. The van der Waals surface area contributed by atoms with Crippen molar-refractivity contribution in [2.75, 3.05) is 18.5 Å². The van der Waals surface area contributed by atoms with E-state index in [1.807, 2.05) is 31.3 Å². The zero-order valence-electron chi connectivity index (χ0n) is 18.5. The zero-order valence-corrected chi connectivity index (χ0v) is 20.0. The molecule has 0 saturated heterocycles. The second-order valence-electron chi connectivity index (χ2n) is 7.82. The van der Waals surface area contributed by atoms with Crippen LogP contribution in [0.1, 0.15) is 41.8 Å². The lowest BCUT2D eigenvalue weighted by atomic mass is 9.99. The Balaban J connectivity index is 0.000000858. The molecule has 0 bridgehead atoms. The van der Waals surface area contributed by atoms with Gasteiger partial charge < -0.3 is 10.1 Å². The lowest BCUT2D eigenvalue weighted by Crippen LogP contribution is -2.43. The molecule has 3 N–H and O–H groups in total. The van der Waals surface area contributed by atoms with E-state index < -0.39 is 5.54 Å². The van der Waals surface area contributed by atoms with Gasteiger partial charge in [0.1, 0.15) is 28.5 Å². The quantitative estimate of drug-likeness (QED) is 0.350. The maximum Gasteiger partial charge on any atom is 0.135 e. The van der Waals surface area contributed by atoms with E-state index in [2.05, 4.69) is 19.2 Å². The smallest absolute Gasteiger partial charge is 0.135 e. The Morgan fingerprint density at radius 2 is 2.00 bits per heavy atom. The van der Waals surface area contributed by atoms with Gasteiger partial charge in [0.05, 0.1) is 5.71 Å². The summed E-state index contributed by atoms with van der Waals surface area (Å²) < 4.78 is 0. The molecule has 2 atom stereocenters. The number of aliphatic imine (C=N–C) groups is 1. The number of fused-ring (bicyclic) bond motifs is 1. The van der Waals surface area contributed by atoms with Crippen LogP contribution in [0.25, 0.3) is 0 Å². The molecule has 0 amide bonds. The van der Waals surface area contributed by atoms with Gasteiger partial charge in [-0.05, 0) is 58.9 Å². The molecule has 1 aromatic carbocycles. The molecule has 1 aliphatic heterocycles. The number of rotatable bonds is 3. The number of nitrogens with zero attached hydrogens (tertiary/aromatic N) is 2. The fourth-order valence-electron chi connectivity index (χ4n) is 4.02. The van der Waals surface area contributed by atoms with E-state index in [0.29, 0.717) is 16.7 Å². The molecule has 6 nitrogen and oxygen atoms in total. The van der Waals surface area contributed by atoms with Crippen LogP contribution >= 0.6 is 22.9 Å². The van der Waals surface area contributed by atoms with E-state index in [0.717, 1.165) is 46.7 Å². The van der Waals surface area contributed by atoms with Crippen LogP contribution in [0.4, 0.5) is 5.00 Å². The molecule has 0 radical (unpaired) electrons. The SMILES string of the molecule is CC=O.CNCC1C[C@]12N=C(c1ccc(Cl)cc1)c1c(sc(C)c1C)N(C(C)=N)C2=N. The van der Waals surface area contributed by atoms with Crippen molar-refractivity contribution in [1.29, 1.82) is 10.8 Å². The van der Waals surface area contributed by atoms with Crippen molar-refractivity contribution in [2.45, 2.75) is 39.7 Å². The van der Waals surface area contributed by atoms with Gasteiger partial charge in [-0.3, -0.25) is 20.7 Å². The van der Waals surface area contributed by atoms with Crippen LogP contribution in [-0.2, 0) is 4.79 Å². The third kappa shape index (κ3) is 4.10. The summed E-state index contributed by atoms with van der Waals surface area (Å²) in [5.74, 6) is 1.02. The van der Waals surface area contributed by atoms with Gasteiger partial charge in [-0.25, -0.2) is 0 Å². The first kappa shape index (κ1) is 23.3. The molecule has 1 spiro atoms. The minimum atomic E-state index is -0.584. The Bertz CT molecular complexity index is 1060. The van der Waals surface area contributed by atoms with Crippen LogP contribution in [0, 0.1) is 30.6 Å². The fourth-order valence-corrected chi connectivity index (χ4v) is 5.36. The number of benzene rings is 1. The van der Waals surface area contributed by atoms with Crippen molar-refractivity contribution in [1.82, 2.24) is 5.32 Å². The van der Waals surface area contributed by atoms with Crippen molar-refractivity contribution in [2.24, 2.45) is 10.9 Å². The topological polar surface area (TPSA) is 92.4 Å². The number of carbonyl (C=O) groups excluding carboxylic acids is 1. The third-order valence-electron chi connectivity index (χ3n) is 5.73. The Kier molecular flexibility index (Phi) is 6.79. The van der Waals surface area contributed by atoms with E-state index in [-0.39, 0.29) is 5.92 Å². The standard InChI is InChI=1S/C21H24ClN5S.C2H4O/c1-11-12(2)28-19-17(11)18(14-5-7-16(22)8-6-14)26-21(9-15(21)10-25-4)20(24)27(19)13(3)23;1-2-3/h5-8,15,23-25H,9-10H2,1-4H3;2H,1H3/t15?,21-;/m0./s1. The molecule has 2 aliphatic rings. The highest BCUT2D eigenvalue weighted by atomic mass is 35.5. The summed E-state index contributed by atoms with van der Waals surface area (Å²) >= 11 is 7.76. The number of aldehydes is 1. The van der Waals surface area contributed by atoms with E-state index >= 15 is 0 Å². The van der Waals surface area contributed by atoms with Crippen LogP contribution in [-0.4, -0.2) is 42.8 Å². The van der Waals surface area contributed by atoms with Crippen molar-refractivity contribution in [3.63, 3.8) is 0 Å². The van der Waals surface area contributed by atoms with Crippen LogP contribution < -0.4 is 10.2 Å². The number of halogens is 1. The maximum absolute atomic E-state index is 9.02. The van der Waals surface area contributed by atoms with Gasteiger partial charge in [0.25, 0.3) is 0 Å². The lowest BCUT2D eigenvalue weighted by Gasteiger charge is -2.25. The highest BCUT2D eigenvalue weighted by molar-refractivity contribution is 7.17. The summed E-state index contributed by atoms with van der Waals surface area (Å²) in [6.45, 7) is 8.19. The van der Waals surface area contributed by atoms with Crippen molar-refractivity contribution >= 4 is 51.6 Å². The monoisotopic (exact) mass is 457 g/mol. The molecule has 31 heavy (non-hydrogen) atoms. The normalized spacial score (nSPS) is 21.6. The Hall–Kier alpha value is -2.35.